The molecule has 1 aliphatic carbocycles. The summed E-state index contributed by atoms with van der Waals surface area (Å²) in [7, 11) is 0. The van der Waals surface area contributed by atoms with Gasteiger partial charge in [0.05, 0.1) is 0 Å². The summed E-state index contributed by atoms with van der Waals surface area (Å²) in [6.07, 6.45) is 6.67. The number of benzene rings is 1. The van der Waals surface area contributed by atoms with Gasteiger partial charge in [-0.2, -0.15) is 0 Å². The number of aryl methyl sites for hydroxylation is 1. The first-order valence-corrected chi connectivity index (χ1v) is 9.71. The molecule has 1 atom stereocenters. The van der Waals surface area contributed by atoms with Crippen LogP contribution in [0.2, 0.25) is 0 Å². The van der Waals surface area contributed by atoms with Crippen molar-refractivity contribution in [2.75, 3.05) is 13.1 Å². The number of likely N-dealkylation sites (tertiary alicyclic amines) is 1. The van der Waals surface area contributed by atoms with Crippen LogP contribution in [-0.2, 0) is 24.1 Å². The molecule has 0 spiro atoms. The van der Waals surface area contributed by atoms with Crippen LogP contribution in [0.1, 0.15) is 63.1 Å². The molecule has 25 heavy (non-hydrogen) atoms. The Morgan fingerprint density at radius 3 is 2.68 bits per heavy atom. The van der Waals surface area contributed by atoms with Gasteiger partial charge in [0.2, 0.25) is 0 Å². The number of nitrogens with zero attached hydrogens (tertiary/aromatic N) is 1. The molecule has 4 nitrogen and oxygen atoms in total. The molecule has 0 radical (unpaired) electrons. The summed E-state index contributed by atoms with van der Waals surface area (Å²) < 4.78 is 5.38. The minimum Gasteiger partial charge on any atom is -0.444 e. The third kappa shape index (κ3) is 5.46. The molecule has 4 heteroatoms. The highest BCUT2D eigenvalue weighted by molar-refractivity contribution is 5.68. The highest BCUT2D eigenvalue weighted by atomic mass is 16.6. The van der Waals surface area contributed by atoms with Crippen molar-refractivity contribution in [3.05, 3.63) is 34.9 Å². The van der Waals surface area contributed by atoms with E-state index in [0.717, 1.165) is 25.8 Å². The fraction of sp³-hybridized carbons (Fsp3) is 0.667. The molecule has 1 aliphatic heterocycles. The number of piperidine rings is 1. The topological polar surface area (TPSA) is 41.6 Å². The lowest BCUT2D eigenvalue weighted by Crippen LogP contribution is -2.41. The monoisotopic (exact) mass is 344 g/mol. The molecule has 1 aromatic carbocycles. The average Bonchev–Trinajstić information content (AvgIpc) is 2.54. The summed E-state index contributed by atoms with van der Waals surface area (Å²) in [5, 5.41) is 3.03. The van der Waals surface area contributed by atoms with Gasteiger partial charge in [-0.3, -0.25) is 4.90 Å². The first kappa shape index (κ1) is 18.2. The summed E-state index contributed by atoms with van der Waals surface area (Å²) in [5.74, 6) is 0. The van der Waals surface area contributed by atoms with Gasteiger partial charge in [-0.1, -0.05) is 24.6 Å². The molecule has 1 aromatic rings. The smallest absolute Gasteiger partial charge is 0.407 e. The number of carbonyl (C=O) groups excluding carboxylic acids is 1. The molecule has 0 aromatic heterocycles. The van der Waals surface area contributed by atoms with E-state index in [1.54, 1.807) is 0 Å². The molecule has 1 saturated heterocycles. The van der Waals surface area contributed by atoms with Crippen molar-refractivity contribution in [2.45, 2.75) is 77.5 Å². The van der Waals surface area contributed by atoms with Gasteiger partial charge in [0.15, 0.2) is 0 Å². The number of carbonyl (C=O) groups is 1. The normalized spacial score (nSPS) is 21.5. The van der Waals surface area contributed by atoms with Crippen LogP contribution in [-0.4, -0.2) is 35.7 Å². The summed E-state index contributed by atoms with van der Waals surface area (Å²) >= 11 is 0. The molecule has 1 amide bonds. The summed E-state index contributed by atoms with van der Waals surface area (Å²) in [6.45, 7) is 9.23. The second-order valence-corrected chi connectivity index (χ2v) is 8.53. The van der Waals surface area contributed by atoms with Crippen LogP contribution in [0.5, 0.6) is 0 Å². The highest BCUT2D eigenvalue weighted by Gasteiger charge is 2.23. The Kier molecular flexibility index (Phi) is 5.67. The van der Waals surface area contributed by atoms with Gasteiger partial charge in [0.25, 0.3) is 0 Å². The lowest BCUT2D eigenvalue weighted by atomic mass is 9.87. The van der Waals surface area contributed by atoms with Crippen LogP contribution < -0.4 is 5.32 Å². The zero-order valence-corrected chi connectivity index (χ0v) is 15.9. The van der Waals surface area contributed by atoms with E-state index in [9.17, 15) is 4.79 Å². The Labute approximate surface area is 151 Å². The second kappa shape index (κ2) is 7.77. The highest BCUT2D eigenvalue weighted by Crippen LogP contribution is 2.24. The number of amides is 1. The van der Waals surface area contributed by atoms with Crippen molar-refractivity contribution in [1.82, 2.24) is 10.2 Å². The van der Waals surface area contributed by atoms with E-state index in [-0.39, 0.29) is 12.1 Å². The third-order valence-corrected chi connectivity index (χ3v) is 5.07. The number of ether oxygens (including phenoxy) is 1. The minimum atomic E-state index is -0.444. The Morgan fingerprint density at radius 2 is 1.96 bits per heavy atom. The fourth-order valence-corrected chi connectivity index (χ4v) is 3.88. The number of fused-ring (bicyclic) bond motifs is 1. The molecule has 1 heterocycles. The van der Waals surface area contributed by atoms with Gasteiger partial charge in [0, 0.05) is 12.6 Å². The van der Waals surface area contributed by atoms with Crippen molar-refractivity contribution in [1.29, 1.82) is 0 Å². The van der Waals surface area contributed by atoms with Crippen molar-refractivity contribution in [2.24, 2.45) is 0 Å². The van der Waals surface area contributed by atoms with E-state index >= 15 is 0 Å². The zero-order chi connectivity index (χ0) is 17.9. The molecular formula is C21H32N2O2. The van der Waals surface area contributed by atoms with Crippen molar-refractivity contribution in [3.63, 3.8) is 0 Å². The molecule has 138 valence electrons. The quantitative estimate of drug-likeness (QED) is 0.899. The van der Waals surface area contributed by atoms with Gasteiger partial charge in [-0.15, -0.1) is 0 Å². The van der Waals surface area contributed by atoms with Gasteiger partial charge in [-0.05, 0) is 82.7 Å². The van der Waals surface area contributed by atoms with E-state index in [1.165, 1.54) is 49.0 Å². The first-order valence-electron chi connectivity index (χ1n) is 9.71. The maximum atomic E-state index is 12.0. The number of alkyl carbamates (subject to hydrolysis) is 1. The van der Waals surface area contributed by atoms with Gasteiger partial charge >= 0.3 is 6.09 Å². The zero-order valence-electron chi connectivity index (χ0n) is 15.9. The molecule has 2 aliphatic rings. The second-order valence-electron chi connectivity index (χ2n) is 8.53. The van der Waals surface area contributed by atoms with Crippen molar-refractivity contribution < 1.29 is 9.53 Å². The van der Waals surface area contributed by atoms with Crippen LogP contribution in [0.15, 0.2) is 18.2 Å². The van der Waals surface area contributed by atoms with Crippen LogP contribution in [0, 0.1) is 0 Å². The van der Waals surface area contributed by atoms with Crippen LogP contribution in [0.25, 0.3) is 0 Å². The average molecular weight is 344 g/mol. The number of hydrogen-bond donors (Lipinski definition) is 1. The lowest BCUT2D eigenvalue weighted by Gasteiger charge is -2.29. The largest absolute Gasteiger partial charge is 0.444 e. The standard InChI is InChI=1S/C21H32N2O2/c1-21(2,3)25-20(24)22-19-10-9-17-13-16(7-8-18(17)14-19)15-23-11-5-4-6-12-23/h7-8,13,19H,4-6,9-12,14-15H2,1-3H3,(H,22,24)/t19-/m0/s1. The SMILES string of the molecule is CC(C)(C)OC(=O)N[C@H]1CCc2cc(CN3CCCCC3)ccc2C1. The minimum absolute atomic E-state index is 0.176. The maximum Gasteiger partial charge on any atom is 0.407 e. The Morgan fingerprint density at radius 1 is 1.20 bits per heavy atom. The molecule has 0 saturated carbocycles. The lowest BCUT2D eigenvalue weighted by molar-refractivity contribution is 0.0500. The van der Waals surface area contributed by atoms with Crippen molar-refractivity contribution in [3.8, 4) is 0 Å². The summed E-state index contributed by atoms with van der Waals surface area (Å²) in [4.78, 5) is 14.5. The Balaban J connectivity index is 1.56. The Hall–Kier alpha value is -1.55. The Bertz CT molecular complexity index is 600. The van der Waals surface area contributed by atoms with Gasteiger partial charge in [0.1, 0.15) is 5.60 Å². The van der Waals surface area contributed by atoms with E-state index in [1.807, 2.05) is 20.8 Å². The number of hydrogen-bond acceptors (Lipinski definition) is 3. The predicted octanol–water partition coefficient (Wildman–Crippen LogP) is 4.05. The number of rotatable bonds is 3. The molecule has 1 fully saturated rings. The molecule has 1 N–H and O–H groups in total. The first-order chi connectivity index (χ1) is 11.9. The predicted molar refractivity (Wildman–Crippen MR) is 101 cm³/mol. The fourth-order valence-electron chi connectivity index (χ4n) is 3.88. The summed E-state index contributed by atoms with van der Waals surface area (Å²) in [6, 6.07) is 7.09. The summed E-state index contributed by atoms with van der Waals surface area (Å²) in [5.41, 5.74) is 3.81. The van der Waals surface area contributed by atoms with Crippen LogP contribution >= 0.6 is 0 Å². The van der Waals surface area contributed by atoms with Gasteiger partial charge < -0.3 is 10.1 Å². The molecule has 3 rings (SSSR count). The van der Waals surface area contributed by atoms with Crippen molar-refractivity contribution >= 4 is 6.09 Å². The van der Waals surface area contributed by atoms with E-state index in [4.69, 9.17) is 4.74 Å². The third-order valence-electron chi connectivity index (χ3n) is 5.07. The molecule has 0 bridgehead atoms. The van der Waals surface area contributed by atoms with E-state index in [2.05, 4.69) is 28.4 Å². The molecule has 0 unspecified atom stereocenters. The molecular weight excluding hydrogens is 312 g/mol. The van der Waals surface area contributed by atoms with Crippen LogP contribution in [0.3, 0.4) is 0 Å². The van der Waals surface area contributed by atoms with Crippen LogP contribution in [0.4, 0.5) is 4.79 Å². The van der Waals surface area contributed by atoms with Gasteiger partial charge in [-0.25, -0.2) is 4.79 Å². The maximum absolute atomic E-state index is 12.0. The number of nitrogens with one attached hydrogen (secondary N) is 1. The van der Waals surface area contributed by atoms with E-state index < -0.39 is 5.60 Å². The van der Waals surface area contributed by atoms with E-state index in [0.29, 0.717) is 0 Å².